The molecule has 0 N–H and O–H groups in total. The third-order valence-corrected chi connectivity index (χ3v) is 4.26. The summed E-state index contributed by atoms with van der Waals surface area (Å²) in [6.07, 6.45) is 0. The Bertz CT molecular complexity index is 1190. The van der Waals surface area contributed by atoms with Crippen LogP contribution in [0.3, 0.4) is 0 Å². The lowest BCUT2D eigenvalue weighted by Crippen LogP contribution is -1.98. The molecule has 146 valence electrons. The van der Waals surface area contributed by atoms with Crippen LogP contribution < -0.4 is 9.47 Å². The van der Waals surface area contributed by atoms with Crippen LogP contribution in [0, 0.1) is 10.1 Å². The Morgan fingerprint density at radius 3 is 2.59 bits per heavy atom. The topological polar surface area (TPSA) is 113 Å². The van der Waals surface area contributed by atoms with Gasteiger partial charge in [0.1, 0.15) is 5.75 Å². The fourth-order valence-electron chi connectivity index (χ4n) is 2.85. The maximum Gasteiger partial charge on any atom is 0.269 e. The van der Waals surface area contributed by atoms with Crippen molar-refractivity contribution in [2.45, 2.75) is 6.92 Å². The van der Waals surface area contributed by atoms with Gasteiger partial charge in [-0.2, -0.15) is 4.98 Å². The lowest BCUT2D eigenvalue weighted by atomic mass is 10.1. The lowest BCUT2D eigenvalue weighted by molar-refractivity contribution is -0.384. The van der Waals surface area contributed by atoms with Crippen LogP contribution in [0.25, 0.3) is 33.7 Å². The van der Waals surface area contributed by atoms with E-state index in [1.165, 1.54) is 12.1 Å². The van der Waals surface area contributed by atoms with Gasteiger partial charge in [-0.15, -0.1) is 0 Å². The maximum absolute atomic E-state index is 10.8. The molecule has 4 aromatic rings. The van der Waals surface area contributed by atoms with Gasteiger partial charge in [0.2, 0.25) is 11.7 Å². The van der Waals surface area contributed by atoms with E-state index < -0.39 is 4.92 Å². The minimum Gasteiger partial charge on any atom is -0.497 e. The van der Waals surface area contributed by atoms with Crippen molar-refractivity contribution >= 4 is 16.6 Å². The van der Waals surface area contributed by atoms with E-state index in [1.54, 1.807) is 19.2 Å². The summed E-state index contributed by atoms with van der Waals surface area (Å²) in [5.74, 6) is 1.64. The van der Waals surface area contributed by atoms with Crippen molar-refractivity contribution in [1.82, 2.24) is 15.1 Å². The van der Waals surface area contributed by atoms with Crippen molar-refractivity contribution in [1.29, 1.82) is 0 Å². The van der Waals surface area contributed by atoms with Gasteiger partial charge in [0.15, 0.2) is 0 Å². The number of hydrogen-bond donors (Lipinski definition) is 0. The van der Waals surface area contributed by atoms with E-state index in [0.717, 1.165) is 10.9 Å². The molecule has 0 unspecified atom stereocenters. The van der Waals surface area contributed by atoms with Crippen molar-refractivity contribution in [2.75, 3.05) is 13.7 Å². The number of aromatic nitrogens is 3. The number of methoxy groups -OCH3 is 1. The highest BCUT2D eigenvalue weighted by atomic mass is 16.6. The van der Waals surface area contributed by atoms with Crippen LogP contribution in [0.4, 0.5) is 5.69 Å². The van der Waals surface area contributed by atoms with E-state index in [4.69, 9.17) is 14.0 Å². The molecule has 0 amide bonds. The lowest BCUT2D eigenvalue weighted by Gasteiger charge is -2.09. The van der Waals surface area contributed by atoms with Crippen LogP contribution in [0.5, 0.6) is 11.6 Å². The molecule has 0 saturated heterocycles. The number of benzene rings is 2. The van der Waals surface area contributed by atoms with Gasteiger partial charge < -0.3 is 14.0 Å². The Kier molecular flexibility index (Phi) is 4.78. The Balaban J connectivity index is 1.77. The molecule has 0 radical (unpaired) electrons. The summed E-state index contributed by atoms with van der Waals surface area (Å²) in [7, 11) is 1.60. The second kappa shape index (κ2) is 7.55. The van der Waals surface area contributed by atoms with Crippen LogP contribution in [0.2, 0.25) is 0 Å². The van der Waals surface area contributed by atoms with Crippen molar-refractivity contribution in [3.63, 3.8) is 0 Å². The molecule has 4 rings (SSSR count). The van der Waals surface area contributed by atoms with Crippen LogP contribution in [0.1, 0.15) is 6.92 Å². The average molecular weight is 392 g/mol. The number of ether oxygens (including phenoxy) is 2. The van der Waals surface area contributed by atoms with Gasteiger partial charge >= 0.3 is 0 Å². The molecule has 2 aromatic carbocycles. The van der Waals surface area contributed by atoms with Gasteiger partial charge in [-0.05, 0) is 43.3 Å². The molecular formula is C20H16N4O5. The molecule has 29 heavy (non-hydrogen) atoms. The van der Waals surface area contributed by atoms with Crippen LogP contribution >= 0.6 is 0 Å². The molecule has 0 saturated carbocycles. The highest BCUT2D eigenvalue weighted by molar-refractivity contribution is 5.86. The first-order valence-corrected chi connectivity index (χ1v) is 8.79. The first-order valence-electron chi connectivity index (χ1n) is 8.79. The first-order chi connectivity index (χ1) is 14.1. The smallest absolute Gasteiger partial charge is 0.269 e. The van der Waals surface area contributed by atoms with Gasteiger partial charge in [0.25, 0.3) is 11.6 Å². The number of hydrogen-bond acceptors (Lipinski definition) is 8. The summed E-state index contributed by atoms with van der Waals surface area (Å²) in [5.41, 5.74) is 1.88. The van der Waals surface area contributed by atoms with Crippen molar-refractivity contribution < 1.29 is 18.9 Å². The van der Waals surface area contributed by atoms with Crippen molar-refractivity contribution in [3.8, 4) is 34.5 Å². The minimum absolute atomic E-state index is 0.0141. The van der Waals surface area contributed by atoms with Gasteiger partial charge in [-0.3, -0.25) is 10.1 Å². The minimum atomic E-state index is -0.466. The molecule has 0 spiro atoms. The third kappa shape index (κ3) is 3.57. The van der Waals surface area contributed by atoms with Gasteiger partial charge in [0, 0.05) is 23.1 Å². The molecular weight excluding hydrogens is 376 g/mol. The molecule has 9 nitrogen and oxygen atoms in total. The number of pyridine rings is 1. The van der Waals surface area contributed by atoms with E-state index in [-0.39, 0.29) is 11.6 Å². The van der Waals surface area contributed by atoms with Gasteiger partial charge in [0.05, 0.1) is 29.7 Å². The van der Waals surface area contributed by atoms with E-state index in [2.05, 4.69) is 15.1 Å². The number of nitro benzene ring substituents is 1. The zero-order chi connectivity index (χ0) is 20.4. The highest BCUT2D eigenvalue weighted by Crippen LogP contribution is 2.33. The number of non-ortho nitro benzene ring substituents is 1. The zero-order valence-electron chi connectivity index (χ0n) is 15.7. The fourth-order valence-corrected chi connectivity index (χ4v) is 2.85. The van der Waals surface area contributed by atoms with E-state index in [9.17, 15) is 10.1 Å². The van der Waals surface area contributed by atoms with Crippen LogP contribution in [-0.2, 0) is 0 Å². The Hall–Kier alpha value is -4.01. The summed E-state index contributed by atoms with van der Waals surface area (Å²) in [4.78, 5) is 19.3. The quantitative estimate of drug-likeness (QED) is 0.353. The first kappa shape index (κ1) is 18.4. The van der Waals surface area contributed by atoms with Crippen molar-refractivity contribution in [3.05, 3.63) is 58.6 Å². The molecule has 0 bridgehead atoms. The molecule has 0 atom stereocenters. The molecule has 0 aliphatic heterocycles. The number of nitro groups is 1. The van der Waals surface area contributed by atoms with E-state index >= 15 is 0 Å². The number of rotatable bonds is 6. The molecule has 0 fully saturated rings. The second-order valence-corrected chi connectivity index (χ2v) is 6.06. The molecule has 2 aromatic heterocycles. The Morgan fingerprint density at radius 1 is 1.10 bits per heavy atom. The van der Waals surface area contributed by atoms with E-state index in [1.807, 2.05) is 31.2 Å². The van der Waals surface area contributed by atoms with Crippen molar-refractivity contribution in [2.24, 2.45) is 0 Å². The third-order valence-electron chi connectivity index (χ3n) is 4.26. The predicted octanol–water partition coefficient (Wildman–Crippen LogP) is 4.27. The second-order valence-electron chi connectivity index (χ2n) is 6.06. The Labute approximate surface area is 165 Å². The highest BCUT2D eigenvalue weighted by Gasteiger charge is 2.18. The SMILES string of the molecule is CCOc1nc2ccc(OC)cc2cc1-c1noc(-c2ccc([N+](=O)[O-])cc2)n1. The zero-order valence-corrected chi connectivity index (χ0v) is 15.7. The summed E-state index contributed by atoms with van der Waals surface area (Å²) in [5, 5.41) is 15.7. The maximum atomic E-state index is 10.8. The predicted molar refractivity (Wildman–Crippen MR) is 105 cm³/mol. The van der Waals surface area contributed by atoms with Crippen LogP contribution in [0.15, 0.2) is 53.1 Å². The summed E-state index contributed by atoms with van der Waals surface area (Å²) in [6.45, 7) is 2.29. The standard InChI is InChI=1S/C20H16N4O5/c1-3-28-20-16(11-13-10-15(27-2)8-9-17(13)21-20)18-22-19(29-23-18)12-4-6-14(7-5-12)24(25)26/h4-11H,3H2,1-2H3. The molecule has 0 aliphatic rings. The van der Waals surface area contributed by atoms with E-state index in [0.29, 0.717) is 35.2 Å². The number of fused-ring (bicyclic) bond motifs is 1. The number of nitrogens with zero attached hydrogens (tertiary/aromatic N) is 4. The van der Waals surface area contributed by atoms with Crippen LogP contribution in [-0.4, -0.2) is 33.8 Å². The van der Waals surface area contributed by atoms with Gasteiger partial charge in [-0.25, -0.2) is 4.98 Å². The normalized spacial score (nSPS) is 10.8. The Morgan fingerprint density at radius 2 is 1.90 bits per heavy atom. The summed E-state index contributed by atoms with van der Waals surface area (Å²) in [6, 6.07) is 13.3. The summed E-state index contributed by atoms with van der Waals surface area (Å²) < 4.78 is 16.3. The summed E-state index contributed by atoms with van der Waals surface area (Å²) >= 11 is 0. The van der Waals surface area contributed by atoms with Gasteiger partial charge in [-0.1, -0.05) is 5.16 Å². The largest absolute Gasteiger partial charge is 0.497 e. The molecule has 0 aliphatic carbocycles. The average Bonchev–Trinajstić information content (AvgIpc) is 3.23. The molecule has 9 heteroatoms. The fraction of sp³-hybridized carbons (Fsp3) is 0.150. The monoisotopic (exact) mass is 392 g/mol. The molecule has 2 heterocycles.